The number of fused-ring (bicyclic) bond motifs is 1. The molecule has 0 saturated carbocycles. The van der Waals surface area contributed by atoms with E-state index in [4.69, 9.17) is 24.9 Å². The molecule has 0 unspecified atom stereocenters. The predicted octanol–water partition coefficient (Wildman–Crippen LogP) is 3.18. The number of rotatable bonds is 4. The highest BCUT2D eigenvalue weighted by atomic mass is 16.5. The highest BCUT2D eigenvalue weighted by Gasteiger charge is 2.21. The molecule has 1 fully saturated rings. The molecule has 0 aliphatic carbocycles. The molecular weight excluding hydrogens is 416 g/mol. The van der Waals surface area contributed by atoms with Crippen molar-refractivity contribution < 1.29 is 4.74 Å². The average molecular weight is 438 g/mol. The van der Waals surface area contributed by atoms with Crippen LogP contribution in [0.4, 0.5) is 5.95 Å². The Hall–Kier alpha value is -4.11. The largest absolute Gasteiger partial charge is 0.378 e. The third-order valence-corrected chi connectivity index (χ3v) is 5.67. The number of aromatic nitrogens is 7. The van der Waals surface area contributed by atoms with E-state index in [2.05, 4.69) is 35.0 Å². The number of hydrogen-bond acceptors (Lipinski definition) is 7. The first-order valence-electron chi connectivity index (χ1n) is 10.9. The van der Waals surface area contributed by atoms with E-state index in [1.165, 1.54) is 5.56 Å². The van der Waals surface area contributed by atoms with Gasteiger partial charge in [-0.2, -0.15) is 24.7 Å². The number of anilines is 1. The number of benzene rings is 1. The van der Waals surface area contributed by atoms with Gasteiger partial charge >= 0.3 is 0 Å². The van der Waals surface area contributed by atoms with Crippen molar-refractivity contribution in [2.24, 2.45) is 0 Å². The van der Waals surface area contributed by atoms with Crippen LogP contribution in [-0.4, -0.2) is 60.6 Å². The van der Waals surface area contributed by atoms with Crippen LogP contribution in [0.15, 0.2) is 67.1 Å². The summed E-state index contributed by atoms with van der Waals surface area (Å²) in [6, 6.07) is 16.1. The summed E-state index contributed by atoms with van der Waals surface area (Å²) < 4.78 is 9.07. The number of hydrogen-bond donors (Lipinski definition) is 0. The van der Waals surface area contributed by atoms with Crippen LogP contribution in [0.3, 0.4) is 0 Å². The Morgan fingerprint density at radius 2 is 1.70 bits per heavy atom. The van der Waals surface area contributed by atoms with E-state index < -0.39 is 0 Å². The van der Waals surface area contributed by atoms with E-state index in [9.17, 15) is 0 Å². The lowest BCUT2D eigenvalue weighted by Crippen LogP contribution is -2.38. The molecular formula is C24H22N8O. The molecule has 4 aromatic heterocycles. The molecule has 1 aliphatic rings. The summed E-state index contributed by atoms with van der Waals surface area (Å²) in [5, 5.41) is 9.57. The molecule has 33 heavy (non-hydrogen) atoms. The SMILES string of the molecule is Cc1cccc(-c2ccn(-c3nc(N4CCOCC4)n4nc(-c5ccncc5)cc4n3)n2)c1. The molecule has 5 heterocycles. The molecule has 6 rings (SSSR count). The lowest BCUT2D eigenvalue weighted by Gasteiger charge is -2.27. The Morgan fingerprint density at radius 3 is 2.52 bits per heavy atom. The van der Waals surface area contributed by atoms with Gasteiger partial charge in [0.05, 0.1) is 24.6 Å². The average Bonchev–Trinajstić information content (AvgIpc) is 3.52. The van der Waals surface area contributed by atoms with Crippen molar-refractivity contribution in [3.8, 4) is 28.5 Å². The molecule has 0 radical (unpaired) electrons. The van der Waals surface area contributed by atoms with Crippen molar-refractivity contribution in [1.29, 1.82) is 0 Å². The minimum Gasteiger partial charge on any atom is -0.378 e. The van der Waals surface area contributed by atoms with E-state index >= 15 is 0 Å². The number of nitrogens with zero attached hydrogens (tertiary/aromatic N) is 8. The first-order chi connectivity index (χ1) is 16.2. The smallest absolute Gasteiger partial charge is 0.255 e. The quantitative estimate of drug-likeness (QED) is 0.426. The van der Waals surface area contributed by atoms with Crippen molar-refractivity contribution in [3.05, 3.63) is 72.7 Å². The highest BCUT2D eigenvalue weighted by molar-refractivity contribution is 5.65. The van der Waals surface area contributed by atoms with Gasteiger partial charge in [0.2, 0.25) is 5.95 Å². The maximum absolute atomic E-state index is 5.55. The zero-order valence-electron chi connectivity index (χ0n) is 18.2. The van der Waals surface area contributed by atoms with Crippen molar-refractivity contribution in [2.45, 2.75) is 6.92 Å². The molecule has 5 aromatic rings. The summed E-state index contributed by atoms with van der Waals surface area (Å²) in [6.45, 7) is 4.86. The zero-order chi connectivity index (χ0) is 22.2. The summed E-state index contributed by atoms with van der Waals surface area (Å²) in [6.07, 6.45) is 5.42. The summed E-state index contributed by atoms with van der Waals surface area (Å²) in [4.78, 5) is 15.9. The molecule has 164 valence electrons. The third-order valence-electron chi connectivity index (χ3n) is 5.67. The first-order valence-corrected chi connectivity index (χ1v) is 10.9. The molecule has 1 aliphatic heterocycles. The van der Waals surface area contributed by atoms with Gasteiger partial charge < -0.3 is 9.64 Å². The van der Waals surface area contributed by atoms with Gasteiger partial charge in [0.15, 0.2) is 5.65 Å². The molecule has 0 bridgehead atoms. The second-order valence-electron chi connectivity index (χ2n) is 7.97. The van der Waals surface area contributed by atoms with Crippen molar-refractivity contribution in [1.82, 2.24) is 34.3 Å². The maximum Gasteiger partial charge on any atom is 0.255 e. The number of ether oxygens (including phenoxy) is 1. The Morgan fingerprint density at radius 1 is 0.848 bits per heavy atom. The first kappa shape index (κ1) is 19.6. The molecule has 9 nitrogen and oxygen atoms in total. The molecule has 1 aromatic carbocycles. The van der Waals surface area contributed by atoms with Crippen LogP contribution >= 0.6 is 0 Å². The minimum absolute atomic E-state index is 0.504. The van der Waals surface area contributed by atoms with Crippen LogP contribution in [0.25, 0.3) is 34.1 Å². The van der Waals surface area contributed by atoms with E-state index in [0.717, 1.165) is 41.6 Å². The Labute approximate surface area is 190 Å². The second kappa shape index (κ2) is 8.10. The van der Waals surface area contributed by atoms with Gasteiger partial charge in [-0.1, -0.05) is 23.8 Å². The van der Waals surface area contributed by atoms with Gasteiger partial charge in [-0.05, 0) is 31.2 Å². The highest BCUT2D eigenvalue weighted by Crippen LogP contribution is 2.24. The van der Waals surface area contributed by atoms with Gasteiger partial charge in [-0.25, -0.2) is 4.68 Å². The zero-order valence-corrected chi connectivity index (χ0v) is 18.2. The van der Waals surface area contributed by atoms with Gasteiger partial charge in [0.1, 0.15) is 0 Å². The number of aryl methyl sites for hydroxylation is 1. The maximum atomic E-state index is 5.55. The topological polar surface area (TPSA) is 86.3 Å². The predicted molar refractivity (Wildman–Crippen MR) is 124 cm³/mol. The normalized spacial score (nSPS) is 14.2. The van der Waals surface area contributed by atoms with Crippen LogP contribution < -0.4 is 4.90 Å². The summed E-state index contributed by atoms with van der Waals surface area (Å²) >= 11 is 0. The van der Waals surface area contributed by atoms with Gasteiger partial charge in [-0.3, -0.25) is 4.98 Å². The summed E-state index contributed by atoms with van der Waals surface area (Å²) in [5.74, 6) is 1.23. The third kappa shape index (κ3) is 3.72. The van der Waals surface area contributed by atoms with Crippen LogP contribution in [0.1, 0.15) is 5.56 Å². The molecule has 0 atom stereocenters. The van der Waals surface area contributed by atoms with Gasteiger partial charge in [0, 0.05) is 48.9 Å². The Kier molecular flexibility index (Phi) is 4.80. The summed E-state index contributed by atoms with van der Waals surface area (Å²) in [5.41, 5.74) is 5.64. The lowest BCUT2D eigenvalue weighted by molar-refractivity contribution is 0.121. The van der Waals surface area contributed by atoms with Crippen molar-refractivity contribution >= 4 is 11.6 Å². The van der Waals surface area contributed by atoms with E-state index in [0.29, 0.717) is 24.8 Å². The number of morpholine rings is 1. The number of pyridine rings is 1. The van der Waals surface area contributed by atoms with Gasteiger partial charge in [-0.15, -0.1) is 0 Å². The van der Waals surface area contributed by atoms with Crippen LogP contribution in [0, 0.1) is 6.92 Å². The molecule has 0 amide bonds. The van der Waals surface area contributed by atoms with Crippen molar-refractivity contribution in [2.75, 3.05) is 31.2 Å². The van der Waals surface area contributed by atoms with Gasteiger partial charge in [0.25, 0.3) is 5.95 Å². The van der Waals surface area contributed by atoms with Crippen molar-refractivity contribution in [3.63, 3.8) is 0 Å². The second-order valence-corrected chi connectivity index (χ2v) is 7.97. The lowest BCUT2D eigenvalue weighted by atomic mass is 10.1. The fourth-order valence-electron chi connectivity index (χ4n) is 3.99. The van der Waals surface area contributed by atoms with Crippen LogP contribution in [-0.2, 0) is 4.74 Å². The minimum atomic E-state index is 0.504. The summed E-state index contributed by atoms with van der Waals surface area (Å²) in [7, 11) is 0. The molecule has 9 heteroatoms. The molecule has 1 saturated heterocycles. The van der Waals surface area contributed by atoms with E-state index in [1.807, 2.05) is 36.5 Å². The standard InChI is InChI=1S/C24H22N8O/c1-17-3-2-4-19(15-17)20-7-10-31(28-20)23-26-22-16-21(18-5-8-25-9-6-18)29-32(22)24(27-23)30-11-13-33-14-12-30/h2-10,15-16H,11-14H2,1H3. The fraction of sp³-hybridized carbons (Fsp3) is 0.208. The van der Waals surface area contributed by atoms with Crippen LogP contribution in [0.5, 0.6) is 0 Å². The Balaban J connectivity index is 1.47. The van der Waals surface area contributed by atoms with Crippen LogP contribution in [0.2, 0.25) is 0 Å². The van der Waals surface area contributed by atoms with E-state index in [1.54, 1.807) is 21.6 Å². The Bertz CT molecular complexity index is 1420. The fourth-order valence-corrected chi connectivity index (χ4v) is 3.99. The monoisotopic (exact) mass is 438 g/mol. The molecule has 0 N–H and O–H groups in total. The molecule has 0 spiro atoms. The van der Waals surface area contributed by atoms with E-state index in [-0.39, 0.29) is 0 Å².